The molecule has 3 rings (SSSR count). The van der Waals surface area contributed by atoms with Gasteiger partial charge in [-0.25, -0.2) is 15.8 Å². The lowest BCUT2D eigenvalue weighted by molar-refractivity contribution is -0.118. The highest BCUT2D eigenvalue weighted by molar-refractivity contribution is 7.16. The second-order valence-electron chi connectivity index (χ2n) is 5.14. The number of anilines is 1. The maximum absolute atomic E-state index is 12.6. The number of rotatable bonds is 4. The lowest BCUT2D eigenvalue weighted by atomic mass is 10.0. The summed E-state index contributed by atoms with van der Waals surface area (Å²) < 4.78 is 0. The van der Waals surface area contributed by atoms with Crippen LogP contribution in [0.25, 0.3) is 0 Å². The van der Waals surface area contributed by atoms with E-state index in [9.17, 15) is 4.79 Å². The minimum atomic E-state index is -0.394. The van der Waals surface area contributed by atoms with Crippen LogP contribution in [0.3, 0.4) is 0 Å². The van der Waals surface area contributed by atoms with Crippen molar-refractivity contribution in [3.8, 4) is 0 Å². The molecule has 22 heavy (non-hydrogen) atoms. The molecule has 0 bridgehead atoms. The normalized spacial score (nSPS) is 21.0. The molecule has 1 fully saturated rings. The number of nitrogens with one attached hydrogen (secondary N) is 4. The lowest BCUT2D eigenvalue weighted by Gasteiger charge is -2.17. The molecule has 2 unspecified atom stereocenters. The second-order valence-corrected chi connectivity index (χ2v) is 6.23. The SMILES string of the molecule is CCc1nc(C)c(NC(=O)C2NNNC2c2ccccc2)s1. The molecule has 0 aliphatic carbocycles. The Bertz CT molecular complexity index is 657. The third-order valence-corrected chi connectivity index (χ3v) is 4.83. The lowest BCUT2D eigenvalue weighted by Crippen LogP contribution is -2.41. The second kappa shape index (κ2) is 6.53. The van der Waals surface area contributed by atoms with Crippen LogP contribution in [0.4, 0.5) is 5.00 Å². The van der Waals surface area contributed by atoms with Crippen molar-refractivity contribution in [3.63, 3.8) is 0 Å². The first-order valence-corrected chi connectivity index (χ1v) is 8.09. The number of aryl methyl sites for hydroxylation is 2. The minimum Gasteiger partial charge on any atom is -0.315 e. The third-order valence-electron chi connectivity index (χ3n) is 3.61. The molecule has 6 nitrogen and oxygen atoms in total. The van der Waals surface area contributed by atoms with Gasteiger partial charge >= 0.3 is 0 Å². The summed E-state index contributed by atoms with van der Waals surface area (Å²) in [6.07, 6.45) is 0.874. The standard InChI is InChI=1S/C15H19N5OS/c1-3-11-16-9(2)15(22-11)17-14(21)13-12(18-20-19-13)10-7-5-4-6-8-10/h4-8,12-13,18-20H,3H2,1-2H3,(H,17,21). The zero-order valence-electron chi connectivity index (χ0n) is 12.5. The Balaban J connectivity index is 1.75. The van der Waals surface area contributed by atoms with Crippen LogP contribution in [-0.2, 0) is 11.2 Å². The van der Waals surface area contributed by atoms with Crippen molar-refractivity contribution >= 4 is 22.2 Å². The molecule has 2 heterocycles. The summed E-state index contributed by atoms with van der Waals surface area (Å²) in [6.45, 7) is 3.97. The van der Waals surface area contributed by atoms with E-state index in [-0.39, 0.29) is 11.9 Å². The largest absolute Gasteiger partial charge is 0.315 e. The zero-order valence-corrected chi connectivity index (χ0v) is 13.3. The third kappa shape index (κ3) is 3.02. The monoisotopic (exact) mass is 317 g/mol. The Morgan fingerprint density at radius 3 is 2.77 bits per heavy atom. The number of carbonyl (C=O) groups is 1. The Hall–Kier alpha value is -1.80. The molecule has 1 aromatic heterocycles. The van der Waals surface area contributed by atoms with Gasteiger partial charge in [0, 0.05) is 0 Å². The van der Waals surface area contributed by atoms with E-state index in [1.165, 1.54) is 11.3 Å². The number of amides is 1. The average molecular weight is 317 g/mol. The first-order chi connectivity index (χ1) is 10.7. The molecule has 1 saturated heterocycles. The molecule has 1 amide bonds. The van der Waals surface area contributed by atoms with E-state index in [2.05, 4.69) is 33.6 Å². The maximum atomic E-state index is 12.6. The maximum Gasteiger partial charge on any atom is 0.245 e. The van der Waals surface area contributed by atoms with Crippen LogP contribution in [0.1, 0.15) is 29.2 Å². The molecule has 2 atom stereocenters. The number of hydrazine groups is 2. The van der Waals surface area contributed by atoms with E-state index >= 15 is 0 Å². The molecule has 7 heteroatoms. The van der Waals surface area contributed by atoms with Crippen LogP contribution in [0.15, 0.2) is 30.3 Å². The fraction of sp³-hybridized carbons (Fsp3) is 0.333. The summed E-state index contributed by atoms with van der Waals surface area (Å²) >= 11 is 1.53. The highest BCUT2D eigenvalue weighted by Crippen LogP contribution is 2.26. The number of nitrogens with zero attached hydrogens (tertiary/aromatic N) is 1. The molecule has 116 valence electrons. The van der Waals surface area contributed by atoms with Crippen molar-refractivity contribution in [1.29, 1.82) is 0 Å². The summed E-state index contributed by atoms with van der Waals surface area (Å²) in [7, 11) is 0. The molecule has 0 saturated carbocycles. The fourth-order valence-electron chi connectivity index (χ4n) is 2.43. The Kier molecular flexibility index (Phi) is 4.49. The van der Waals surface area contributed by atoms with E-state index < -0.39 is 6.04 Å². The van der Waals surface area contributed by atoms with Gasteiger partial charge in [0.1, 0.15) is 11.0 Å². The number of hydrogen-bond donors (Lipinski definition) is 4. The van der Waals surface area contributed by atoms with E-state index in [1.54, 1.807) is 0 Å². The summed E-state index contributed by atoms with van der Waals surface area (Å²) in [6, 6.07) is 9.37. The van der Waals surface area contributed by atoms with Crippen LogP contribution in [0, 0.1) is 6.92 Å². The van der Waals surface area contributed by atoms with Crippen molar-refractivity contribution in [1.82, 2.24) is 21.4 Å². The molecule has 2 aromatic rings. The highest BCUT2D eigenvalue weighted by Gasteiger charge is 2.34. The molecular weight excluding hydrogens is 298 g/mol. The predicted molar refractivity (Wildman–Crippen MR) is 87.2 cm³/mol. The quantitative estimate of drug-likeness (QED) is 0.690. The molecule has 0 radical (unpaired) electrons. The van der Waals surface area contributed by atoms with Gasteiger partial charge in [0.2, 0.25) is 5.91 Å². The van der Waals surface area contributed by atoms with Gasteiger partial charge < -0.3 is 5.32 Å². The minimum absolute atomic E-state index is 0.0826. The number of aromatic nitrogens is 1. The van der Waals surface area contributed by atoms with Crippen LogP contribution < -0.4 is 21.7 Å². The van der Waals surface area contributed by atoms with Crippen molar-refractivity contribution in [2.75, 3.05) is 5.32 Å². The topological polar surface area (TPSA) is 78.1 Å². The van der Waals surface area contributed by atoms with E-state index in [0.717, 1.165) is 27.7 Å². The van der Waals surface area contributed by atoms with Crippen molar-refractivity contribution in [2.45, 2.75) is 32.4 Å². The summed E-state index contributed by atoms with van der Waals surface area (Å²) in [4.78, 5) is 17.0. The molecule has 4 N–H and O–H groups in total. The number of thiazole rings is 1. The highest BCUT2D eigenvalue weighted by atomic mass is 32.1. The summed E-state index contributed by atoms with van der Waals surface area (Å²) in [5, 5.41) is 4.83. The number of carbonyl (C=O) groups excluding carboxylic acids is 1. The number of hydrogen-bond acceptors (Lipinski definition) is 6. The first-order valence-electron chi connectivity index (χ1n) is 7.27. The molecular formula is C15H19N5OS. The van der Waals surface area contributed by atoms with E-state index in [1.807, 2.05) is 37.3 Å². The van der Waals surface area contributed by atoms with Gasteiger partial charge in [0.25, 0.3) is 0 Å². The Morgan fingerprint density at radius 2 is 2.09 bits per heavy atom. The van der Waals surface area contributed by atoms with Crippen molar-refractivity contribution in [3.05, 3.63) is 46.6 Å². The van der Waals surface area contributed by atoms with Crippen LogP contribution in [0.5, 0.6) is 0 Å². The average Bonchev–Trinajstić information content (AvgIpc) is 3.15. The first kappa shape index (κ1) is 15.1. The number of benzene rings is 1. The molecule has 0 spiro atoms. The van der Waals surface area contributed by atoms with Gasteiger partial charge in [-0.2, -0.15) is 5.53 Å². The summed E-state index contributed by atoms with van der Waals surface area (Å²) in [5.74, 6) is -0.0826. The van der Waals surface area contributed by atoms with Gasteiger partial charge in [0.05, 0.1) is 16.7 Å². The van der Waals surface area contributed by atoms with Gasteiger partial charge in [-0.1, -0.05) is 37.3 Å². The zero-order chi connectivity index (χ0) is 15.5. The predicted octanol–water partition coefficient (Wildman–Crippen LogP) is 1.67. The van der Waals surface area contributed by atoms with Gasteiger partial charge in [-0.15, -0.1) is 11.3 Å². The van der Waals surface area contributed by atoms with Gasteiger partial charge in [-0.3, -0.25) is 4.79 Å². The van der Waals surface area contributed by atoms with Gasteiger partial charge in [-0.05, 0) is 18.9 Å². The fourth-order valence-corrected chi connectivity index (χ4v) is 3.33. The van der Waals surface area contributed by atoms with Crippen molar-refractivity contribution in [2.24, 2.45) is 0 Å². The van der Waals surface area contributed by atoms with Crippen LogP contribution >= 0.6 is 11.3 Å². The smallest absolute Gasteiger partial charge is 0.245 e. The Morgan fingerprint density at radius 1 is 1.32 bits per heavy atom. The molecule has 1 aliphatic heterocycles. The van der Waals surface area contributed by atoms with E-state index in [4.69, 9.17) is 0 Å². The Labute approximate surface area is 133 Å². The molecule has 1 aromatic carbocycles. The van der Waals surface area contributed by atoms with Gasteiger partial charge in [0.15, 0.2) is 0 Å². The van der Waals surface area contributed by atoms with Crippen LogP contribution in [0.2, 0.25) is 0 Å². The van der Waals surface area contributed by atoms with Crippen molar-refractivity contribution < 1.29 is 4.79 Å². The summed E-state index contributed by atoms with van der Waals surface area (Å²) in [5.41, 5.74) is 10.8. The van der Waals surface area contributed by atoms with Crippen LogP contribution in [-0.4, -0.2) is 16.9 Å². The van der Waals surface area contributed by atoms with E-state index in [0.29, 0.717) is 0 Å². The molecule has 1 aliphatic rings.